The van der Waals surface area contributed by atoms with Gasteiger partial charge in [-0.25, -0.2) is 0 Å². The summed E-state index contributed by atoms with van der Waals surface area (Å²) in [6.07, 6.45) is -0.306. The molecule has 12 heavy (non-hydrogen) atoms. The van der Waals surface area contributed by atoms with Crippen LogP contribution in [0.15, 0.2) is 0 Å². The molecule has 5 heteroatoms. The van der Waals surface area contributed by atoms with E-state index >= 15 is 0 Å². The number of ether oxygens (including phenoxy) is 1. The Morgan fingerprint density at radius 2 is 1.92 bits per heavy atom. The summed E-state index contributed by atoms with van der Waals surface area (Å²) in [5.74, 6) is -1.09. The molecule has 0 spiro atoms. The van der Waals surface area contributed by atoms with E-state index in [2.05, 4.69) is 0 Å². The first-order valence-electron chi connectivity index (χ1n) is 3.80. The van der Waals surface area contributed by atoms with Crippen LogP contribution in [-0.2, 0) is 14.3 Å². The summed E-state index contributed by atoms with van der Waals surface area (Å²) in [5, 5.41) is 0. The number of nitrogens with zero attached hydrogens (tertiary/aromatic N) is 1. The Balaban J connectivity index is 2.34. The van der Waals surface area contributed by atoms with E-state index in [0.717, 1.165) is 0 Å². The highest BCUT2D eigenvalue weighted by Crippen LogP contribution is 1.99. The lowest BCUT2D eigenvalue weighted by Crippen LogP contribution is -2.41. The van der Waals surface area contributed by atoms with E-state index in [1.165, 1.54) is 0 Å². The summed E-state index contributed by atoms with van der Waals surface area (Å²) < 4.78 is 5.03. The molecule has 1 heterocycles. The quantitative estimate of drug-likeness (QED) is 0.502. The zero-order valence-corrected chi connectivity index (χ0v) is 6.71. The van der Waals surface area contributed by atoms with E-state index in [4.69, 9.17) is 10.5 Å². The van der Waals surface area contributed by atoms with Gasteiger partial charge >= 0.3 is 0 Å². The Kier molecular flexibility index (Phi) is 3.04. The Morgan fingerprint density at radius 1 is 1.33 bits per heavy atom. The van der Waals surface area contributed by atoms with Gasteiger partial charge in [0, 0.05) is 13.1 Å². The first-order valence-corrected chi connectivity index (χ1v) is 3.80. The van der Waals surface area contributed by atoms with Crippen molar-refractivity contribution in [2.45, 2.75) is 6.42 Å². The number of carbonyl (C=O) groups is 2. The average molecular weight is 171 g/mol. The third kappa shape index (κ3) is 2.50. The fourth-order valence-corrected chi connectivity index (χ4v) is 1.06. The fraction of sp³-hybridized carbons (Fsp3) is 0.714. The zero-order chi connectivity index (χ0) is 8.97. The minimum Gasteiger partial charge on any atom is -0.378 e. The Bertz CT molecular complexity index is 187. The lowest BCUT2D eigenvalue weighted by Gasteiger charge is -2.26. The second-order valence-corrected chi connectivity index (χ2v) is 2.59. The predicted octanol–water partition coefficient (Wildman–Crippen LogP) is -0.955. The van der Waals surface area contributed by atoms with Gasteiger partial charge in [0.2, 0.25) is 11.8 Å². The molecule has 1 aliphatic heterocycles. The van der Waals surface area contributed by atoms with Gasteiger partial charge in [0.25, 0.3) is 0 Å². The molecule has 1 saturated heterocycles. The van der Waals surface area contributed by atoms with Crippen molar-refractivity contribution in [3.05, 3.63) is 0 Å². The molecule has 1 rings (SSSR count). The lowest BCUT2D eigenvalue weighted by atomic mass is 10.3. The van der Waals surface area contributed by atoms with Crippen molar-refractivity contribution in [1.82, 2.24) is 10.6 Å². The van der Waals surface area contributed by atoms with Gasteiger partial charge in [-0.05, 0) is 0 Å². The number of hydrogen-bond acceptors (Lipinski definition) is 3. The van der Waals surface area contributed by atoms with Gasteiger partial charge < -0.3 is 9.64 Å². The summed E-state index contributed by atoms with van der Waals surface area (Å²) in [6.45, 7) is 2.12. The highest BCUT2D eigenvalue weighted by Gasteiger charge is 2.18. The maximum Gasteiger partial charge on any atom is 0.247 e. The van der Waals surface area contributed by atoms with Crippen molar-refractivity contribution >= 4 is 11.8 Å². The Hall–Kier alpha value is -1.10. The molecule has 0 aromatic rings. The van der Waals surface area contributed by atoms with Crippen molar-refractivity contribution in [2.75, 3.05) is 26.3 Å². The van der Waals surface area contributed by atoms with E-state index in [1.54, 1.807) is 4.90 Å². The molecule has 67 valence electrons. The van der Waals surface area contributed by atoms with Crippen molar-refractivity contribution in [1.29, 1.82) is 0 Å². The van der Waals surface area contributed by atoms with Crippen molar-refractivity contribution in [2.24, 2.45) is 0 Å². The first kappa shape index (κ1) is 8.99. The van der Waals surface area contributed by atoms with Gasteiger partial charge in [-0.1, -0.05) is 0 Å². The van der Waals surface area contributed by atoms with Crippen LogP contribution in [0.25, 0.3) is 0 Å². The molecule has 0 saturated carbocycles. The number of hydrogen-bond donors (Lipinski definition) is 0. The Labute approximate surface area is 70.5 Å². The van der Waals surface area contributed by atoms with Crippen molar-refractivity contribution in [3.63, 3.8) is 0 Å². The molecule has 1 aliphatic rings. The molecule has 1 N–H and O–H groups in total. The first-order chi connectivity index (χ1) is 5.70. The van der Waals surface area contributed by atoms with Crippen LogP contribution in [-0.4, -0.2) is 43.0 Å². The smallest absolute Gasteiger partial charge is 0.247 e. The van der Waals surface area contributed by atoms with Crippen LogP contribution in [0, 0.1) is 0 Å². The number of morpholine rings is 1. The van der Waals surface area contributed by atoms with Crippen molar-refractivity contribution in [3.8, 4) is 0 Å². The maximum absolute atomic E-state index is 11.1. The molecule has 0 aromatic carbocycles. The molecule has 0 bridgehead atoms. The molecule has 5 nitrogen and oxygen atoms in total. The third-order valence-electron chi connectivity index (χ3n) is 1.68. The number of amides is 2. The summed E-state index contributed by atoms with van der Waals surface area (Å²) >= 11 is 0. The Morgan fingerprint density at radius 3 is 2.42 bits per heavy atom. The third-order valence-corrected chi connectivity index (χ3v) is 1.68. The van der Waals surface area contributed by atoms with Gasteiger partial charge in [-0.15, -0.1) is 0 Å². The fourth-order valence-electron chi connectivity index (χ4n) is 1.06. The van der Waals surface area contributed by atoms with Gasteiger partial charge in [-0.3, -0.25) is 15.3 Å². The van der Waals surface area contributed by atoms with Gasteiger partial charge in [0.1, 0.15) is 6.42 Å². The lowest BCUT2D eigenvalue weighted by molar-refractivity contribution is -0.138. The van der Waals surface area contributed by atoms with E-state index in [0.29, 0.717) is 26.3 Å². The summed E-state index contributed by atoms with van der Waals surface area (Å²) in [4.78, 5) is 23.0. The highest BCUT2D eigenvalue weighted by molar-refractivity contribution is 5.95. The van der Waals surface area contributed by atoms with Gasteiger partial charge in [-0.2, -0.15) is 0 Å². The minimum atomic E-state index is -0.827. The van der Waals surface area contributed by atoms with E-state index in [-0.39, 0.29) is 12.3 Å². The zero-order valence-electron chi connectivity index (χ0n) is 6.71. The van der Waals surface area contributed by atoms with Crippen molar-refractivity contribution < 1.29 is 14.3 Å². The largest absolute Gasteiger partial charge is 0.378 e. The van der Waals surface area contributed by atoms with Gasteiger partial charge in [0.05, 0.1) is 13.2 Å². The predicted molar refractivity (Wildman–Crippen MR) is 40.1 cm³/mol. The number of rotatable bonds is 2. The second kappa shape index (κ2) is 4.06. The monoisotopic (exact) mass is 171 g/mol. The van der Waals surface area contributed by atoms with Crippen LogP contribution < -0.4 is 5.73 Å². The second-order valence-electron chi connectivity index (χ2n) is 2.59. The standard InChI is InChI=1S/C7H11N2O3/c8-6(10)5-7(11)9-1-3-12-4-2-9/h8H,1-5H2. The summed E-state index contributed by atoms with van der Waals surface area (Å²) in [5.41, 5.74) is 6.61. The van der Waals surface area contributed by atoms with E-state index in [1.807, 2.05) is 0 Å². The topological polar surface area (TPSA) is 70.4 Å². The molecule has 1 radical (unpaired) electrons. The van der Waals surface area contributed by atoms with Crippen LogP contribution in [0.1, 0.15) is 6.42 Å². The number of nitrogens with one attached hydrogen (secondary N) is 1. The molecule has 0 aliphatic carbocycles. The molecular formula is C7H11N2O3. The van der Waals surface area contributed by atoms with Crippen LogP contribution >= 0.6 is 0 Å². The molecule has 1 fully saturated rings. The van der Waals surface area contributed by atoms with Crippen LogP contribution in [0.3, 0.4) is 0 Å². The van der Waals surface area contributed by atoms with E-state index < -0.39 is 5.91 Å². The summed E-state index contributed by atoms with van der Waals surface area (Å²) in [6, 6.07) is 0. The molecule has 0 unspecified atom stereocenters. The van der Waals surface area contributed by atoms with E-state index in [9.17, 15) is 9.59 Å². The molecule has 0 atom stereocenters. The SMILES string of the molecule is [NH]C(=O)CC(=O)N1CCOCC1. The van der Waals surface area contributed by atoms with Gasteiger partial charge in [0.15, 0.2) is 0 Å². The molecule has 0 aromatic heterocycles. The maximum atomic E-state index is 11.1. The average Bonchev–Trinajstić information content (AvgIpc) is 2.05. The van der Waals surface area contributed by atoms with Crippen LogP contribution in [0.4, 0.5) is 0 Å². The molecular weight excluding hydrogens is 160 g/mol. The minimum absolute atomic E-state index is 0.265. The normalized spacial score (nSPS) is 17.5. The van der Waals surface area contributed by atoms with Crippen LogP contribution in [0.5, 0.6) is 0 Å². The molecule has 2 amide bonds. The van der Waals surface area contributed by atoms with Crippen LogP contribution in [0.2, 0.25) is 0 Å². The number of carbonyl (C=O) groups excluding carboxylic acids is 2. The highest BCUT2D eigenvalue weighted by atomic mass is 16.5. The summed E-state index contributed by atoms with van der Waals surface area (Å²) in [7, 11) is 0.